The quantitative estimate of drug-likeness (QED) is 0.0198. The predicted octanol–water partition coefficient (Wildman–Crippen LogP) is 2.61. The second-order valence-corrected chi connectivity index (χ2v) is 22.6. The third-order valence-corrected chi connectivity index (χ3v) is 16.0. The van der Waals surface area contributed by atoms with Crippen molar-refractivity contribution in [1.29, 1.82) is 0 Å². The molecule has 0 radical (unpaired) electrons. The number of benzene rings is 3. The van der Waals surface area contributed by atoms with Crippen LogP contribution < -0.4 is 54.4 Å². The number of nitrogens with zero attached hydrogens (tertiary/aromatic N) is 1. The van der Waals surface area contributed by atoms with Gasteiger partial charge in [0, 0.05) is 77.8 Å². The zero-order chi connectivity index (χ0) is 63.3. The molecule has 464 valence electrons. The Labute approximate surface area is 491 Å². The summed E-state index contributed by atoms with van der Waals surface area (Å²) in [6.07, 6.45) is 1.35. The molecule has 1 aliphatic heterocycles. The lowest BCUT2D eigenvalue weighted by molar-refractivity contribution is -0.136. The van der Waals surface area contributed by atoms with Crippen LogP contribution in [0.3, 0.4) is 0 Å². The van der Waals surface area contributed by atoms with Crippen molar-refractivity contribution in [2.45, 2.75) is 107 Å². The van der Waals surface area contributed by atoms with Gasteiger partial charge in [0.15, 0.2) is 46.5 Å². The number of nitrogens with one attached hydrogen (secondary N) is 8. The van der Waals surface area contributed by atoms with Crippen molar-refractivity contribution in [3.8, 4) is 0 Å². The number of rotatable bonds is 18. The number of carbonyl (C=O) groups is 8. The topological polar surface area (TPSA) is 328 Å². The maximum atomic E-state index is 14.9. The highest BCUT2D eigenvalue weighted by molar-refractivity contribution is 8.76. The van der Waals surface area contributed by atoms with E-state index in [-0.39, 0.29) is 32.2 Å². The van der Waals surface area contributed by atoms with Gasteiger partial charge in [-0.15, -0.1) is 0 Å². The number of hydrogen-bond donors (Lipinski definition) is 11. The summed E-state index contributed by atoms with van der Waals surface area (Å²) >= 11 is 0. The minimum Gasteiger partial charge on any atom is -0.368 e. The molecule has 1 aliphatic rings. The SMILES string of the molecule is CC(C)[C@@H]1NC(=O)[C@H](CCCCN)NC(=O)[C@@H](Cc2c[nH]c3ccccc23)NC(=O)[C@H](Cc2cccnc2)NC(=O)[C@H](NC(=O)[C@@H](N)Cc2c(F)c(F)c(F)c(F)c2F)CSSC[C@@H](C(=O)N[C@@H](Cc2c(F)c(F)c(F)c(F)c2F)C(N)=O)NC1=O. The number of carbonyl (C=O) groups excluding carboxylic acids is 8. The molecule has 6 rings (SSSR count). The Bertz CT molecular complexity index is 3300. The summed E-state index contributed by atoms with van der Waals surface area (Å²) in [5, 5.41) is 17.6. The van der Waals surface area contributed by atoms with Crippen molar-refractivity contribution in [2.75, 3.05) is 18.1 Å². The lowest BCUT2D eigenvalue weighted by atomic mass is 10.00. The van der Waals surface area contributed by atoms with Gasteiger partial charge in [-0.1, -0.05) is 59.7 Å². The van der Waals surface area contributed by atoms with Gasteiger partial charge in [-0.3, -0.25) is 43.3 Å². The highest BCUT2D eigenvalue weighted by atomic mass is 33.1. The van der Waals surface area contributed by atoms with Gasteiger partial charge in [-0.2, -0.15) is 0 Å². The first-order valence-electron chi connectivity index (χ1n) is 26.3. The molecule has 0 spiro atoms. The molecule has 2 aromatic heterocycles. The molecule has 0 unspecified atom stereocenters. The highest BCUT2D eigenvalue weighted by Gasteiger charge is 2.38. The van der Waals surface area contributed by atoms with Gasteiger partial charge in [-0.05, 0) is 55.0 Å². The summed E-state index contributed by atoms with van der Waals surface area (Å²) in [6, 6.07) is -4.62. The first-order chi connectivity index (χ1) is 40.7. The van der Waals surface area contributed by atoms with Crippen molar-refractivity contribution in [3.63, 3.8) is 0 Å². The zero-order valence-corrected chi connectivity index (χ0v) is 47.1. The molecule has 3 heterocycles. The lowest BCUT2D eigenvalue weighted by Gasteiger charge is -2.29. The third-order valence-electron chi connectivity index (χ3n) is 13.6. The summed E-state index contributed by atoms with van der Waals surface area (Å²) in [7, 11) is 1.24. The van der Waals surface area contributed by atoms with Crippen LogP contribution in [-0.4, -0.2) is 124 Å². The Morgan fingerprint density at radius 1 is 0.651 bits per heavy atom. The van der Waals surface area contributed by atoms with Gasteiger partial charge in [-0.25, -0.2) is 43.9 Å². The molecule has 86 heavy (non-hydrogen) atoms. The van der Waals surface area contributed by atoms with Crippen LogP contribution in [0.25, 0.3) is 10.9 Å². The van der Waals surface area contributed by atoms with Crippen LogP contribution in [0.15, 0.2) is 55.0 Å². The number of nitrogens with two attached hydrogens (primary N) is 3. The van der Waals surface area contributed by atoms with E-state index < -0.39 is 195 Å². The molecule has 20 nitrogen and oxygen atoms in total. The molecule has 0 saturated carbocycles. The molecular weight excluding hydrogens is 1200 g/mol. The molecule has 14 N–H and O–H groups in total. The number of aromatic amines is 1. The Kier molecular flexibility index (Phi) is 23.7. The molecule has 0 aliphatic carbocycles. The van der Waals surface area contributed by atoms with Crippen LogP contribution in [0.1, 0.15) is 55.4 Å². The average Bonchev–Trinajstić information content (AvgIpc) is 3.47. The maximum absolute atomic E-state index is 14.9. The van der Waals surface area contributed by atoms with Crippen molar-refractivity contribution < 1.29 is 82.3 Å². The van der Waals surface area contributed by atoms with E-state index >= 15 is 0 Å². The maximum Gasteiger partial charge on any atom is 0.244 e. The summed E-state index contributed by atoms with van der Waals surface area (Å²) in [4.78, 5) is 121. The number of pyridine rings is 1. The number of primary amides is 1. The second-order valence-electron chi connectivity index (χ2n) is 20.1. The van der Waals surface area contributed by atoms with Crippen LogP contribution in [0.2, 0.25) is 0 Å². The van der Waals surface area contributed by atoms with Crippen molar-refractivity contribution in [3.05, 3.63) is 135 Å². The number of para-hydroxylation sites is 1. The minimum absolute atomic E-state index is 0.108. The summed E-state index contributed by atoms with van der Waals surface area (Å²) < 4.78 is 144. The Balaban J connectivity index is 1.43. The minimum atomic E-state index is -2.54. The molecule has 1 saturated heterocycles. The molecule has 8 atom stereocenters. The highest BCUT2D eigenvalue weighted by Crippen LogP contribution is 2.28. The van der Waals surface area contributed by atoms with Crippen LogP contribution in [0.5, 0.6) is 0 Å². The molecule has 5 aromatic rings. The fraction of sp³-hybridized carbons (Fsp3) is 0.389. The molecule has 0 bridgehead atoms. The number of H-pyrrole nitrogens is 1. The monoisotopic (exact) mass is 1260 g/mol. The number of amides is 8. The van der Waals surface area contributed by atoms with Crippen molar-refractivity contribution in [1.82, 2.24) is 47.2 Å². The van der Waals surface area contributed by atoms with E-state index in [4.69, 9.17) is 17.2 Å². The number of aromatic nitrogens is 2. The summed E-state index contributed by atoms with van der Waals surface area (Å²) in [5.41, 5.74) is 15.6. The van der Waals surface area contributed by atoms with Crippen LogP contribution in [0, 0.1) is 64.1 Å². The van der Waals surface area contributed by atoms with Crippen molar-refractivity contribution >= 4 is 79.7 Å². The van der Waals surface area contributed by atoms with E-state index in [1.165, 1.54) is 38.4 Å². The lowest BCUT2D eigenvalue weighted by Crippen LogP contribution is -2.61. The van der Waals surface area contributed by atoms with E-state index in [1.807, 2.05) is 5.32 Å². The van der Waals surface area contributed by atoms with Gasteiger partial charge in [0.25, 0.3) is 0 Å². The smallest absolute Gasteiger partial charge is 0.244 e. The second kappa shape index (κ2) is 30.4. The number of fused-ring (bicyclic) bond motifs is 1. The van der Waals surface area contributed by atoms with Gasteiger partial charge < -0.3 is 59.4 Å². The van der Waals surface area contributed by atoms with E-state index in [1.54, 1.807) is 30.5 Å². The predicted molar refractivity (Wildman–Crippen MR) is 293 cm³/mol. The molecule has 1 fully saturated rings. The van der Waals surface area contributed by atoms with E-state index in [0.29, 0.717) is 50.0 Å². The van der Waals surface area contributed by atoms with Crippen LogP contribution in [0.4, 0.5) is 43.9 Å². The average molecular weight is 1260 g/mol. The third kappa shape index (κ3) is 16.7. The first-order valence-corrected chi connectivity index (χ1v) is 28.8. The van der Waals surface area contributed by atoms with E-state index in [9.17, 15) is 82.3 Å². The number of hydrogen-bond acceptors (Lipinski definition) is 13. The molecule has 3 aromatic carbocycles. The molecular formula is C54H58F10N12O8S2. The fourth-order valence-corrected chi connectivity index (χ4v) is 11.2. The summed E-state index contributed by atoms with van der Waals surface area (Å²) in [5.74, 6) is -35.7. The Morgan fingerprint density at radius 2 is 1.20 bits per heavy atom. The van der Waals surface area contributed by atoms with Gasteiger partial charge >= 0.3 is 0 Å². The zero-order valence-electron chi connectivity index (χ0n) is 45.5. The van der Waals surface area contributed by atoms with E-state index in [0.717, 1.165) is 0 Å². The molecule has 8 amide bonds. The molecule has 32 heteroatoms. The van der Waals surface area contributed by atoms with Crippen LogP contribution in [-0.2, 0) is 64.0 Å². The number of halogens is 10. The Hall–Kier alpha value is -7.97. The normalized spacial score (nSPS) is 20.2. The fourth-order valence-electron chi connectivity index (χ4n) is 8.87. The van der Waals surface area contributed by atoms with Gasteiger partial charge in [0.1, 0.15) is 42.3 Å². The Morgan fingerprint density at radius 3 is 1.78 bits per heavy atom. The largest absolute Gasteiger partial charge is 0.368 e. The summed E-state index contributed by atoms with van der Waals surface area (Å²) in [6.45, 7) is 3.10. The standard InChI is InChI=1S/C54H58F10N12O8S2/c1-22(2)46-54(84)75-35(52(82)71-31(47(67)77)17-27-38(57)42(61)45(64)43(62)39(27)58)21-86-85-20-34(74-48(78)28(66)16-26-36(55)40(59)44(63)41(60)37(26)56)53(83)72-32(14-23-8-7-13-68-18-23)50(80)73-33(15-24-19-69-29-10-4-3-9-25(24)29)51(81)70-30(49(79)76-46)11-5-6-12-65/h3-4,7-10,13,18-19,22,28,30-35,46,69H,5-6,11-12,14-17,20-21,65-66H2,1-2H3,(H2,67,77)(H,70,81)(H,71,82)(H,72,83)(H,73,80)(H,74,78)(H,75,84)(H,76,79)/t28-,30-,31-,32-,33+,34+,35-,46-/m0/s1. The van der Waals surface area contributed by atoms with Gasteiger partial charge in [0.05, 0.1) is 6.04 Å². The van der Waals surface area contributed by atoms with Crippen molar-refractivity contribution in [2.24, 2.45) is 23.1 Å². The van der Waals surface area contributed by atoms with Gasteiger partial charge in [0.2, 0.25) is 58.9 Å². The first kappa shape index (κ1) is 67.2. The number of unbranched alkanes of at least 4 members (excludes halogenated alkanes) is 1. The van der Waals surface area contributed by atoms with E-state index in [2.05, 4.69) is 41.9 Å². The van der Waals surface area contributed by atoms with Crippen LogP contribution >= 0.6 is 21.6 Å².